The summed E-state index contributed by atoms with van der Waals surface area (Å²) in [6.07, 6.45) is 1.64. The van der Waals surface area contributed by atoms with Crippen LogP contribution in [0.4, 0.5) is 4.39 Å². The summed E-state index contributed by atoms with van der Waals surface area (Å²) in [5.41, 5.74) is 2.11. The number of benzene rings is 3. The summed E-state index contributed by atoms with van der Waals surface area (Å²) in [4.78, 5) is 16.6. The number of nitrogens with zero attached hydrogens (tertiary/aromatic N) is 1. The zero-order valence-corrected chi connectivity index (χ0v) is 21.1. The van der Waals surface area contributed by atoms with E-state index < -0.39 is 5.97 Å². The highest BCUT2D eigenvalue weighted by Gasteiger charge is 2.24. The van der Waals surface area contributed by atoms with Crippen molar-refractivity contribution in [2.45, 2.75) is 6.61 Å². The van der Waals surface area contributed by atoms with Gasteiger partial charge in [0.05, 0.1) is 8.95 Å². The number of rotatable bonds is 5. The lowest BCUT2D eigenvalue weighted by atomic mass is 10.2. The lowest BCUT2D eigenvalue weighted by Gasteiger charge is -2.12. The molecule has 1 aliphatic rings. The molecule has 4 nitrogen and oxygen atoms in total. The van der Waals surface area contributed by atoms with Crippen LogP contribution in [0.25, 0.3) is 6.08 Å². The quantitative estimate of drug-likeness (QED) is 0.171. The minimum absolute atomic E-state index is 0.0836. The Morgan fingerprint density at radius 3 is 2.42 bits per heavy atom. The minimum atomic E-state index is -0.513. The van der Waals surface area contributed by atoms with E-state index in [4.69, 9.17) is 9.47 Å². The highest BCUT2D eigenvalue weighted by molar-refractivity contribution is 14.1. The maximum Gasteiger partial charge on any atom is 0.363 e. The zero-order chi connectivity index (χ0) is 22.0. The van der Waals surface area contributed by atoms with Crippen LogP contribution in [0.3, 0.4) is 0 Å². The molecule has 0 fully saturated rings. The van der Waals surface area contributed by atoms with Crippen molar-refractivity contribution in [3.05, 3.63) is 101 Å². The van der Waals surface area contributed by atoms with E-state index in [9.17, 15) is 9.18 Å². The molecular weight excluding hydrogens is 644 g/mol. The van der Waals surface area contributed by atoms with Gasteiger partial charge < -0.3 is 9.47 Å². The van der Waals surface area contributed by atoms with Gasteiger partial charge in [-0.2, -0.15) is 0 Å². The van der Waals surface area contributed by atoms with Gasteiger partial charge >= 0.3 is 5.97 Å². The molecule has 3 aromatic carbocycles. The fourth-order valence-electron chi connectivity index (χ4n) is 2.85. The normalized spacial score (nSPS) is 14.5. The Bertz CT molecular complexity index is 1200. The second-order valence-electron chi connectivity index (χ2n) is 6.54. The van der Waals surface area contributed by atoms with Crippen LogP contribution in [-0.4, -0.2) is 11.9 Å². The Balaban J connectivity index is 1.56. The van der Waals surface area contributed by atoms with E-state index in [2.05, 4.69) is 59.4 Å². The van der Waals surface area contributed by atoms with Crippen LogP contribution >= 0.6 is 54.5 Å². The highest BCUT2D eigenvalue weighted by atomic mass is 127. The lowest BCUT2D eigenvalue weighted by Crippen LogP contribution is -2.05. The number of hydrogen-bond acceptors (Lipinski definition) is 4. The number of aliphatic imine (C=N–C) groups is 1. The molecule has 0 amide bonds. The molecule has 0 bridgehead atoms. The van der Waals surface area contributed by atoms with E-state index in [-0.39, 0.29) is 24.0 Å². The summed E-state index contributed by atoms with van der Waals surface area (Å²) in [7, 11) is 0. The van der Waals surface area contributed by atoms with Crippen molar-refractivity contribution in [1.82, 2.24) is 0 Å². The van der Waals surface area contributed by atoms with Crippen molar-refractivity contribution in [3.8, 4) is 5.75 Å². The van der Waals surface area contributed by atoms with E-state index in [0.717, 1.165) is 14.7 Å². The predicted molar refractivity (Wildman–Crippen MR) is 132 cm³/mol. The third-order valence-electron chi connectivity index (χ3n) is 4.37. The first-order chi connectivity index (χ1) is 14.9. The third kappa shape index (κ3) is 5.24. The van der Waals surface area contributed by atoms with Gasteiger partial charge in [0.1, 0.15) is 18.2 Å². The van der Waals surface area contributed by atoms with Crippen molar-refractivity contribution >= 4 is 72.4 Å². The van der Waals surface area contributed by atoms with E-state index in [1.807, 2.05) is 24.3 Å². The predicted octanol–water partition coefficient (Wildman–Crippen LogP) is 6.88. The number of cyclic esters (lactones) is 1. The summed E-state index contributed by atoms with van der Waals surface area (Å²) in [6.45, 7) is 0.0836. The van der Waals surface area contributed by atoms with E-state index in [0.29, 0.717) is 20.3 Å². The highest BCUT2D eigenvalue weighted by Crippen LogP contribution is 2.36. The molecule has 0 aromatic heterocycles. The van der Waals surface area contributed by atoms with Crippen LogP contribution < -0.4 is 4.74 Å². The number of esters is 1. The molecule has 3 aromatic rings. The van der Waals surface area contributed by atoms with Gasteiger partial charge in [0.2, 0.25) is 5.90 Å². The topological polar surface area (TPSA) is 47.9 Å². The van der Waals surface area contributed by atoms with Crippen LogP contribution in [0.5, 0.6) is 5.75 Å². The molecule has 0 atom stereocenters. The Kier molecular flexibility index (Phi) is 6.88. The van der Waals surface area contributed by atoms with Crippen molar-refractivity contribution in [3.63, 3.8) is 0 Å². The monoisotopic (exact) mass is 655 g/mol. The Morgan fingerprint density at radius 2 is 1.74 bits per heavy atom. The number of ether oxygens (including phenoxy) is 2. The van der Waals surface area contributed by atoms with Crippen LogP contribution in [-0.2, 0) is 16.1 Å². The number of halogens is 4. The summed E-state index contributed by atoms with van der Waals surface area (Å²) < 4.78 is 27.3. The van der Waals surface area contributed by atoms with Gasteiger partial charge in [0, 0.05) is 14.7 Å². The molecule has 8 heteroatoms. The van der Waals surface area contributed by atoms with Crippen molar-refractivity contribution in [2.24, 2.45) is 4.99 Å². The Morgan fingerprint density at radius 1 is 1.06 bits per heavy atom. The standard InChI is InChI=1S/C23H13Br2FINO3/c24-17-9-13(10-18(25)21(17)30-12-15-3-1-2-4-19(15)26)11-20-23(29)31-22(28-20)14-5-7-16(27)8-6-14/h1-11H,12H2/b20-11-. The molecule has 1 heterocycles. The Hall–Kier alpha value is -2.04. The summed E-state index contributed by atoms with van der Waals surface area (Å²) in [5.74, 6) is -0.0311. The second kappa shape index (κ2) is 9.62. The van der Waals surface area contributed by atoms with Gasteiger partial charge in [-0.25, -0.2) is 14.2 Å². The molecular formula is C23H13Br2FINO3. The van der Waals surface area contributed by atoms with Gasteiger partial charge in [-0.1, -0.05) is 18.2 Å². The van der Waals surface area contributed by atoms with Crippen molar-refractivity contribution in [2.75, 3.05) is 0 Å². The first-order valence-electron chi connectivity index (χ1n) is 9.04. The third-order valence-corrected chi connectivity index (χ3v) is 6.26. The zero-order valence-electron chi connectivity index (χ0n) is 15.7. The molecule has 0 radical (unpaired) electrons. The molecule has 0 saturated carbocycles. The van der Waals surface area contributed by atoms with Gasteiger partial charge in [0.15, 0.2) is 5.70 Å². The molecule has 0 N–H and O–H groups in total. The molecule has 1 aliphatic heterocycles. The van der Waals surface area contributed by atoms with Crippen LogP contribution in [0.15, 0.2) is 80.3 Å². The largest absolute Gasteiger partial charge is 0.486 e. The molecule has 0 unspecified atom stereocenters. The van der Waals surface area contributed by atoms with Crippen LogP contribution in [0.2, 0.25) is 0 Å². The Labute approximate surface area is 208 Å². The van der Waals surface area contributed by atoms with Gasteiger partial charge in [-0.05, 0) is 109 Å². The smallest absolute Gasteiger partial charge is 0.363 e. The maximum atomic E-state index is 13.8. The molecule has 0 aliphatic carbocycles. The average molecular weight is 657 g/mol. The lowest BCUT2D eigenvalue weighted by molar-refractivity contribution is -0.129. The maximum absolute atomic E-state index is 13.8. The molecule has 156 valence electrons. The van der Waals surface area contributed by atoms with E-state index in [1.165, 1.54) is 6.07 Å². The minimum Gasteiger partial charge on any atom is -0.486 e. The second-order valence-corrected chi connectivity index (χ2v) is 9.49. The van der Waals surface area contributed by atoms with Crippen LogP contribution in [0, 0.1) is 9.39 Å². The number of carbonyl (C=O) groups excluding carboxylic acids is 1. The first-order valence-corrected chi connectivity index (χ1v) is 11.7. The summed E-state index contributed by atoms with van der Waals surface area (Å²) in [6, 6.07) is 17.6. The summed E-state index contributed by atoms with van der Waals surface area (Å²) in [5, 5.41) is 0. The molecule has 0 spiro atoms. The molecule has 4 rings (SSSR count). The van der Waals surface area contributed by atoms with E-state index >= 15 is 0 Å². The molecule has 0 saturated heterocycles. The van der Waals surface area contributed by atoms with Crippen molar-refractivity contribution in [1.29, 1.82) is 0 Å². The van der Waals surface area contributed by atoms with Crippen LogP contribution in [0.1, 0.15) is 16.7 Å². The average Bonchev–Trinajstić information content (AvgIpc) is 3.09. The van der Waals surface area contributed by atoms with E-state index in [1.54, 1.807) is 36.4 Å². The summed E-state index contributed by atoms with van der Waals surface area (Å²) >= 11 is 9.16. The van der Waals surface area contributed by atoms with Crippen molar-refractivity contribution < 1.29 is 18.7 Å². The molecule has 31 heavy (non-hydrogen) atoms. The fraction of sp³-hybridized carbons (Fsp3) is 0.0435. The van der Waals surface area contributed by atoms with Gasteiger partial charge in [-0.3, -0.25) is 0 Å². The first kappa shape index (κ1) is 22.2. The number of hydrogen-bond donors (Lipinski definition) is 0. The van der Waals surface area contributed by atoms with Gasteiger partial charge in [-0.15, -0.1) is 0 Å². The SMILES string of the molecule is O=C1OC(c2ccc(I)cc2)=N/C1=C\c1cc(Br)c(OCc2ccccc2F)c(Br)c1. The number of carbonyl (C=O) groups is 1. The van der Waals surface area contributed by atoms with Gasteiger partial charge in [0.25, 0.3) is 0 Å². The fourth-order valence-corrected chi connectivity index (χ4v) is 4.66.